The number of carbonyl (C=O) groups excluding carboxylic acids is 2. The summed E-state index contributed by atoms with van der Waals surface area (Å²) in [4.78, 5) is 22.6. The highest BCUT2D eigenvalue weighted by molar-refractivity contribution is 5.88. The summed E-state index contributed by atoms with van der Waals surface area (Å²) in [6.45, 7) is 11.8. The Bertz CT molecular complexity index is 976. The van der Waals surface area contributed by atoms with Crippen molar-refractivity contribution in [1.29, 1.82) is 0 Å². The summed E-state index contributed by atoms with van der Waals surface area (Å²) < 4.78 is 15.6. The quantitative estimate of drug-likeness (QED) is 0.141. The number of ether oxygens (including phenoxy) is 3. The summed E-state index contributed by atoms with van der Waals surface area (Å²) in [7, 11) is 0. The van der Waals surface area contributed by atoms with Gasteiger partial charge in [-0.1, -0.05) is 82.0 Å². The van der Waals surface area contributed by atoms with Gasteiger partial charge in [0.2, 0.25) is 0 Å². The van der Waals surface area contributed by atoms with Crippen molar-refractivity contribution >= 4 is 18.0 Å². The lowest BCUT2D eigenvalue weighted by Gasteiger charge is -2.11. The first-order valence-electron chi connectivity index (χ1n) is 13.2. The Balaban J connectivity index is 0.000000296. The van der Waals surface area contributed by atoms with E-state index in [0.717, 1.165) is 43.3 Å². The largest absolute Gasteiger partial charge is 0.516 e. The molecule has 3 rings (SSSR count). The van der Waals surface area contributed by atoms with Gasteiger partial charge >= 0.3 is 11.9 Å². The lowest BCUT2D eigenvalue weighted by atomic mass is 10.2. The first-order chi connectivity index (χ1) is 18.4. The SMILES string of the molecule is C=C(CC)C(=O)OCCOc1ccccc1.C=C(CCC)C(=O)OC1CCCC1.OC=Cc1ccccc1. The number of hydrogen-bond donors (Lipinski definition) is 1. The zero-order valence-electron chi connectivity index (χ0n) is 22.8. The van der Waals surface area contributed by atoms with Crippen LogP contribution in [0, 0.1) is 0 Å². The summed E-state index contributed by atoms with van der Waals surface area (Å²) in [5.74, 6) is 0.237. The molecule has 0 heterocycles. The standard InChI is InChI=1S/C13H16O3.C11H18O2.C8H8O/c1-3-11(2)13(14)16-10-9-15-12-7-5-4-6-8-12;1-3-6-9(2)11(12)13-10-7-4-5-8-10;9-7-6-8-4-2-1-3-5-8/h4-8H,2-3,9-10H2,1H3;10H,2-8H2,1H3;1-7,9H. The van der Waals surface area contributed by atoms with Gasteiger partial charge in [-0.15, -0.1) is 0 Å². The Morgan fingerprint density at radius 3 is 2.05 bits per heavy atom. The van der Waals surface area contributed by atoms with Crippen LogP contribution in [0.2, 0.25) is 0 Å². The number of aliphatic hydroxyl groups is 1. The minimum Gasteiger partial charge on any atom is -0.516 e. The van der Waals surface area contributed by atoms with Crippen molar-refractivity contribution in [1.82, 2.24) is 0 Å². The first-order valence-corrected chi connectivity index (χ1v) is 13.2. The van der Waals surface area contributed by atoms with E-state index in [9.17, 15) is 9.59 Å². The second-order valence-electron chi connectivity index (χ2n) is 8.65. The van der Waals surface area contributed by atoms with Crippen LogP contribution in [0.1, 0.15) is 64.4 Å². The van der Waals surface area contributed by atoms with E-state index in [1.165, 1.54) is 12.8 Å². The molecule has 2 aromatic carbocycles. The molecule has 0 spiro atoms. The summed E-state index contributed by atoms with van der Waals surface area (Å²) in [6.07, 6.45) is 9.62. The molecule has 1 N–H and O–H groups in total. The molecule has 1 aliphatic carbocycles. The molecule has 0 unspecified atom stereocenters. The predicted molar refractivity (Wildman–Crippen MR) is 153 cm³/mol. The van der Waals surface area contributed by atoms with Crippen LogP contribution in [-0.4, -0.2) is 36.4 Å². The van der Waals surface area contributed by atoms with Gasteiger partial charge in [0.05, 0.1) is 6.26 Å². The lowest BCUT2D eigenvalue weighted by molar-refractivity contribution is -0.144. The Morgan fingerprint density at radius 1 is 0.895 bits per heavy atom. The maximum atomic E-state index is 11.4. The van der Waals surface area contributed by atoms with Crippen molar-refractivity contribution in [3.05, 3.63) is 96.8 Å². The smallest absolute Gasteiger partial charge is 0.333 e. The van der Waals surface area contributed by atoms with Gasteiger partial charge in [-0.05, 0) is 62.3 Å². The Kier molecular flexibility index (Phi) is 17.2. The number of esters is 2. The summed E-state index contributed by atoms with van der Waals surface area (Å²) in [5.41, 5.74) is 2.12. The molecule has 206 valence electrons. The van der Waals surface area contributed by atoms with E-state index in [1.807, 2.05) is 74.5 Å². The molecule has 0 saturated heterocycles. The third-order valence-electron chi connectivity index (χ3n) is 5.53. The fourth-order valence-corrected chi connectivity index (χ4v) is 3.35. The van der Waals surface area contributed by atoms with Gasteiger partial charge < -0.3 is 19.3 Å². The molecule has 1 aliphatic rings. The molecule has 0 aromatic heterocycles. The average Bonchev–Trinajstić information content (AvgIpc) is 3.46. The van der Waals surface area contributed by atoms with Crippen LogP contribution in [0.25, 0.3) is 6.08 Å². The van der Waals surface area contributed by atoms with Gasteiger partial charge in [0.15, 0.2) is 0 Å². The van der Waals surface area contributed by atoms with Crippen LogP contribution in [0.5, 0.6) is 5.75 Å². The van der Waals surface area contributed by atoms with Gasteiger partial charge in [0.25, 0.3) is 0 Å². The highest BCUT2D eigenvalue weighted by atomic mass is 16.6. The molecule has 0 bridgehead atoms. The molecular weight excluding hydrogens is 480 g/mol. The van der Waals surface area contributed by atoms with Crippen molar-refractivity contribution in [3.63, 3.8) is 0 Å². The molecule has 0 aliphatic heterocycles. The Morgan fingerprint density at radius 2 is 1.50 bits per heavy atom. The minimum atomic E-state index is -0.348. The van der Waals surface area contributed by atoms with Crippen LogP contribution in [0.3, 0.4) is 0 Å². The number of carbonyl (C=O) groups is 2. The van der Waals surface area contributed by atoms with Crippen molar-refractivity contribution in [2.45, 2.75) is 64.9 Å². The summed E-state index contributed by atoms with van der Waals surface area (Å²) >= 11 is 0. The molecule has 6 heteroatoms. The highest BCUT2D eigenvalue weighted by Gasteiger charge is 2.20. The second kappa shape index (κ2) is 20.3. The van der Waals surface area contributed by atoms with E-state index < -0.39 is 0 Å². The van der Waals surface area contributed by atoms with Crippen LogP contribution in [0.15, 0.2) is 91.2 Å². The van der Waals surface area contributed by atoms with E-state index in [0.29, 0.717) is 24.2 Å². The monoisotopic (exact) mass is 522 g/mol. The molecule has 38 heavy (non-hydrogen) atoms. The molecule has 2 aromatic rings. The normalized spacial score (nSPS) is 12.4. The molecule has 0 amide bonds. The highest BCUT2D eigenvalue weighted by Crippen LogP contribution is 2.22. The van der Waals surface area contributed by atoms with E-state index in [-0.39, 0.29) is 24.6 Å². The average molecular weight is 523 g/mol. The van der Waals surface area contributed by atoms with Crippen molar-refractivity contribution in [2.75, 3.05) is 13.2 Å². The van der Waals surface area contributed by atoms with E-state index in [4.69, 9.17) is 19.3 Å². The zero-order valence-corrected chi connectivity index (χ0v) is 22.8. The van der Waals surface area contributed by atoms with Gasteiger partial charge in [-0.25, -0.2) is 9.59 Å². The molecule has 1 saturated carbocycles. The van der Waals surface area contributed by atoms with Crippen LogP contribution >= 0.6 is 0 Å². The predicted octanol–water partition coefficient (Wildman–Crippen LogP) is 7.62. The number of para-hydroxylation sites is 1. The molecule has 6 nitrogen and oxygen atoms in total. The van der Waals surface area contributed by atoms with Crippen LogP contribution in [0.4, 0.5) is 0 Å². The maximum Gasteiger partial charge on any atom is 0.333 e. The van der Waals surface area contributed by atoms with Crippen molar-refractivity contribution < 1.29 is 28.9 Å². The van der Waals surface area contributed by atoms with Crippen LogP contribution in [-0.2, 0) is 19.1 Å². The summed E-state index contributed by atoms with van der Waals surface area (Å²) in [5, 5.41) is 8.34. The maximum absolute atomic E-state index is 11.4. The number of hydrogen-bond acceptors (Lipinski definition) is 6. The summed E-state index contributed by atoms with van der Waals surface area (Å²) in [6, 6.07) is 19.0. The topological polar surface area (TPSA) is 82.1 Å². The third-order valence-corrected chi connectivity index (χ3v) is 5.53. The first kappa shape index (κ1) is 32.2. The molecule has 1 fully saturated rings. The Labute approximate surface area is 227 Å². The van der Waals surface area contributed by atoms with Crippen molar-refractivity contribution in [2.24, 2.45) is 0 Å². The Hall–Kier alpha value is -3.80. The number of benzene rings is 2. The zero-order chi connectivity index (χ0) is 28.0. The fourth-order valence-electron chi connectivity index (χ4n) is 3.35. The number of rotatable bonds is 11. The molecular formula is C32H42O6. The van der Waals surface area contributed by atoms with Gasteiger partial charge in [-0.2, -0.15) is 0 Å². The van der Waals surface area contributed by atoms with Gasteiger partial charge in [0.1, 0.15) is 25.1 Å². The molecule has 0 atom stereocenters. The minimum absolute atomic E-state index is 0.168. The second-order valence-corrected chi connectivity index (χ2v) is 8.65. The van der Waals surface area contributed by atoms with E-state index in [2.05, 4.69) is 13.2 Å². The van der Waals surface area contributed by atoms with E-state index in [1.54, 1.807) is 6.08 Å². The van der Waals surface area contributed by atoms with Crippen molar-refractivity contribution in [3.8, 4) is 5.75 Å². The third kappa shape index (κ3) is 14.7. The van der Waals surface area contributed by atoms with Crippen LogP contribution < -0.4 is 4.74 Å². The molecule has 0 radical (unpaired) electrons. The lowest BCUT2D eigenvalue weighted by Crippen LogP contribution is -2.15. The van der Waals surface area contributed by atoms with Gasteiger partial charge in [-0.3, -0.25) is 0 Å². The fraction of sp³-hybridized carbons (Fsp3) is 0.375. The van der Waals surface area contributed by atoms with E-state index >= 15 is 0 Å². The van der Waals surface area contributed by atoms with Gasteiger partial charge in [0, 0.05) is 11.1 Å². The number of aliphatic hydroxyl groups excluding tert-OH is 1.